The van der Waals surface area contributed by atoms with Crippen molar-refractivity contribution in [3.8, 4) is 0 Å². The van der Waals surface area contributed by atoms with E-state index in [0.29, 0.717) is 12.5 Å². The number of hydrogen-bond acceptors (Lipinski definition) is 3. The van der Waals surface area contributed by atoms with Crippen LogP contribution in [0.5, 0.6) is 0 Å². The highest BCUT2D eigenvalue weighted by atomic mass is 16.5. The molecule has 0 atom stereocenters. The van der Waals surface area contributed by atoms with E-state index in [0.717, 1.165) is 17.1 Å². The Balaban J connectivity index is 2.44. The highest BCUT2D eigenvalue weighted by Crippen LogP contribution is 2.34. The molecule has 0 bridgehead atoms. The third-order valence-electron chi connectivity index (χ3n) is 2.62. The molecule has 1 aromatic rings. The van der Waals surface area contributed by atoms with Crippen molar-refractivity contribution in [1.82, 2.24) is 9.97 Å². The van der Waals surface area contributed by atoms with Gasteiger partial charge >= 0.3 is 0 Å². The van der Waals surface area contributed by atoms with Gasteiger partial charge in [0.05, 0.1) is 17.9 Å². The second-order valence-electron chi connectivity index (χ2n) is 4.54. The number of nitrogens with zero attached hydrogens (tertiary/aromatic N) is 2. The van der Waals surface area contributed by atoms with Gasteiger partial charge in [-0.15, -0.1) is 0 Å². The highest BCUT2D eigenvalue weighted by molar-refractivity contribution is 5.27. The smallest absolute Gasteiger partial charge is 0.131 e. The van der Waals surface area contributed by atoms with E-state index in [9.17, 15) is 0 Å². The lowest BCUT2D eigenvalue weighted by Gasteiger charge is -2.17. The molecule has 0 radical (unpaired) electrons. The third kappa shape index (κ3) is 1.42. The lowest BCUT2D eigenvalue weighted by Crippen LogP contribution is -2.15. The molecular weight excluding hydrogens is 176 g/mol. The molecule has 0 aliphatic carbocycles. The zero-order valence-corrected chi connectivity index (χ0v) is 9.16. The fourth-order valence-electron chi connectivity index (χ4n) is 1.65. The molecule has 76 valence electrons. The summed E-state index contributed by atoms with van der Waals surface area (Å²) in [6.07, 6.45) is 1.91. The Hall–Kier alpha value is -0.960. The standard InChI is InChI=1S/C11H16N2O/c1-7(2)10-12-5-8-9(13-10)6-14-11(8,3)4/h5,7H,6H2,1-4H3. The molecule has 0 fully saturated rings. The Bertz CT molecular complexity index is 358. The molecule has 0 aromatic carbocycles. The van der Waals surface area contributed by atoms with Crippen molar-refractivity contribution < 1.29 is 4.74 Å². The number of ether oxygens (including phenoxy) is 1. The minimum absolute atomic E-state index is 0.217. The van der Waals surface area contributed by atoms with Crippen LogP contribution in [0.2, 0.25) is 0 Å². The van der Waals surface area contributed by atoms with Crippen LogP contribution in [0, 0.1) is 0 Å². The SMILES string of the molecule is CC(C)c1ncc2c(n1)COC2(C)C. The van der Waals surface area contributed by atoms with Crippen LogP contribution < -0.4 is 0 Å². The van der Waals surface area contributed by atoms with Crippen LogP contribution in [0.1, 0.15) is 50.7 Å². The van der Waals surface area contributed by atoms with E-state index >= 15 is 0 Å². The van der Waals surface area contributed by atoms with Crippen molar-refractivity contribution in [2.24, 2.45) is 0 Å². The van der Waals surface area contributed by atoms with Crippen molar-refractivity contribution in [3.63, 3.8) is 0 Å². The van der Waals surface area contributed by atoms with Crippen LogP contribution in [-0.4, -0.2) is 9.97 Å². The Labute approximate surface area is 84.5 Å². The fourth-order valence-corrected chi connectivity index (χ4v) is 1.65. The van der Waals surface area contributed by atoms with Gasteiger partial charge in [-0.05, 0) is 13.8 Å². The van der Waals surface area contributed by atoms with E-state index in [1.165, 1.54) is 0 Å². The molecule has 2 rings (SSSR count). The molecule has 0 unspecified atom stereocenters. The largest absolute Gasteiger partial charge is 0.364 e. The van der Waals surface area contributed by atoms with E-state index in [2.05, 4.69) is 37.7 Å². The van der Waals surface area contributed by atoms with Crippen LogP contribution in [0.25, 0.3) is 0 Å². The van der Waals surface area contributed by atoms with Gasteiger partial charge in [0.15, 0.2) is 0 Å². The van der Waals surface area contributed by atoms with Crippen LogP contribution >= 0.6 is 0 Å². The second-order valence-corrected chi connectivity index (χ2v) is 4.54. The molecule has 1 aliphatic heterocycles. The maximum atomic E-state index is 5.64. The van der Waals surface area contributed by atoms with E-state index < -0.39 is 0 Å². The molecule has 14 heavy (non-hydrogen) atoms. The summed E-state index contributed by atoms with van der Waals surface area (Å²) in [6, 6.07) is 0. The zero-order valence-electron chi connectivity index (χ0n) is 9.16. The van der Waals surface area contributed by atoms with Gasteiger partial charge in [0.25, 0.3) is 0 Å². The summed E-state index contributed by atoms with van der Waals surface area (Å²) in [6.45, 7) is 8.92. The highest BCUT2D eigenvalue weighted by Gasteiger charge is 2.32. The maximum Gasteiger partial charge on any atom is 0.131 e. The first-order valence-corrected chi connectivity index (χ1v) is 5.01. The molecule has 0 amide bonds. The van der Waals surface area contributed by atoms with Gasteiger partial charge in [-0.25, -0.2) is 9.97 Å². The van der Waals surface area contributed by atoms with Gasteiger partial charge < -0.3 is 4.74 Å². The molecule has 1 aliphatic rings. The maximum absolute atomic E-state index is 5.64. The van der Waals surface area contributed by atoms with Crippen molar-refractivity contribution in [1.29, 1.82) is 0 Å². The van der Waals surface area contributed by atoms with Crippen LogP contribution in [0.4, 0.5) is 0 Å². The molecule has 0 spiro atoms. The molecule has 2 heterocycles. The van der Waals surface area contributed by atoms with E-state index in [1.807, 2.05) is 6.20 Å². The fraction of sp³-hybridized carbons (Fsp3) is 0.636. The number of fused-ring (bicyclic) bond motifs is 1. The molecular formula is C11H16N2O. The van der Waals surface area contributed by atoms with E-state index in [4.69, 9.17) is 4.74 Å². The first-order valence-electron chi connectivity index (χ1n) is 5.01. The summed E-state index contributed by atoms with van der Waals surface area (Å²) >= 11 is 0. The average molecular weight is 192 g/mol. The number of aromatic nitrogens is 2. The molecule has 3 heteroatoms. The monoisotopic (exact) mass is 192 g/mol. The quantitative estimate of drug-likeness (QED) is 0.685. The first-order chi connectivity index (χ1) is 6.50. The molecule has 0 N–H and O–H groups in total. The Morgan fingerprint density at radius 3 is 2.79 bits per heavy atom. The molecule has 3 nitrogen and oxygen atoms in total. The summed E-state index contributed by atoms with van der Waals surface area (Å²) in [5.74, 6) is 1.29. The van der Waals surface area contributed by atoms with Gasteiger partial charge in [0.2, 0.25) is 0 Å². The predicted molar refractivity (Wildman–Crippen MR) is 53.9 cm³/mol. The van der Waals surface area contributed by atoms with Gasteiger partial charge in [-0.2, -0.15) is 0 Å². The Morgan fingerprint density at radius 1 is 1.43 bits per heavy atom. The van der Waals surface area contributed by atoms with Gasteiger partial charge in [0.1, 0.15) is 5.82 Å². The average Bonchev–Trinajstić information content (AvgIpc) is 2.42. The van der Waals surface area contributed by atoms with Gasteiger partial charge in [-0.3, -0.25) is 0 Å². The first kappa shape index (κ1) is 9.59. The van der Waals surface area contributed by atoms with Crippen LogP contribution in [0.3, 0.4) is 0 Å². The summed E-state index contributed by atoms with van der Waals surface area (Å²) < 4.78 is 5.64. The van der Waals surface area contributed by atoms with E-state index in [-0.39, 0.29) is 5.60 Å². The van der Waals surface area contributed by atoms with E-state index in [1.54, 1.807) is 0 Å². The van der Waals surface area contributed by atoms with Crippen LogP contribution in [-0.2, 0) is 16.9 Å². The second kappa shape index (κ2) is 3.02. The number of hydrogen-bond donors (Lipinski definition) is 0. The Kier molecular flexibility index (Phi) is 2.07. The summed E-state index contributed by atoms with van der Waals surface area (Å²) in [5, 5.41) is 0. The zero-order chi connectivity index (χ0) is 10.3. The summed E-state index contributed by atoms with van der Waals surface area (Å²) in [4.78, 5) is 8.87. The Morgan fingerprint density at radius 2 is 2.14 bits per heavy atom. The molecule has 1 aromatic heterocycles. The minimum Gasteiger partial charge on any atom is -0.364 e. The van der Waals surface area contributed by atoms with Crippen molar-refractivity contribution in [2.75, 3.05) is 0 Å². The summed E-state index contributed by atoms with van der Waals surface area (Å²) in [5.41, 5.74) is 1.96. The lowest BCUT2D eigenvalue weighted by atomic mass is 10.0. The number of rotatable bonds is 1. The third-order valence-corrected chi connectivity index (χ3v) is 2.62. The molecule has 0 saturated heterocycles. The predicted octanol–water partition coefficient (Wildman–Crippen LogP) is 2.37. The van der Waals surface area contributed by atoms with Gasteiger partial charge in [-0.1, -0.05) is 13.8 Å². The molecule has 0 saturated carbocycles. The minimum atomic E-state index is -0.217. The van der Waals surface area contributed by atoms with Crippen molar-refractivity contribution in [2.45, 2.75) is 45.8 Å². The van der Waals surface area contributed by atoms with Crippen molar-refractivity contribution >= 4 is 0 Å². The van der Waals surface area contributed by atoms with Gasteiger partial charge in [0, 0.05) is 17.7 Å². The topological polar surface area (TPSA) is 35.0 Å². The lowest BCUT2D eigenvalue weighted by molar-refractivity contribution is -0.00850. The van der Waals surface area contributed by atoms with Crippen LogP contribution in [0.15, 0.2) is 6.20 Å². The normalized spacial score (nSPS) is 18.6. The summed E-state index contributed by atoms with van der Waals surface area (Å²) in [7, 11) is 0. The van der Waals surface area contributed by atoms with Crippen molar-refractivity contribution in [3.05, 3.63) is 23.3 Å².